The molecule has 3 rings (SSSR count). The van der Waals surface area contributed by atoms with E-state index in [4.69, 9.17) is 4.74 Å². The summed E-state index contributed by atoms with van der Waals surface area (Å²) in [7, 11) is 0. The maximum atomic E-state index is 12.9. The second kappa shape index (κ2) is 7.61. The van der Waals surface area contributed by atoms with E-state index in [1.165, 1.54) is 12.8 Å². The molecule has 23 heavy (non-hydrogen) atoms. The van der Waals surface area contributed by atoms with Crippen LogP contribution in [0.25, 0.3) is 0 Å². The number of rotatable bonds is 6. The van der Waals surface area contributed by atoms with Crippen molar-refractivity contribution in [3.05, 3.63) is 29.8 Å². The zero-order chi connectivity index (χ0) is 16.2. The minimum Gasteiger partial charge on any atom is -0.494 e. The van der Waals surface area contributed by atoms with E-state index in [9.17, 15) is 4.79 Å². The average molecular weight is 333 g/mol. The number of hydrogen-bond acceptors (Lipinski definition) is 3. The summed E-state index contributed by atoms with van der Waals surface area (Å²) in [6, 6.07) is 8.59. The van der Waals surface area contributed by atoms with Gasteiger partial charge in [-0.1, -0.05) is 13.3 Å². The Labute approximate surface area is 143 Å². The van der Waals surface area contributed by atoms with Crippen molar-refractivity contribution in [3.63, 3.8) is 0 Å². The molecule has 0 aromatic heterocycles. The number of ether oxygens (including phenoxy) is 1. The SMILES string of the molecule is CCCCOc1ccc(C(=O)N2C3CCC2CC(SC)C3)cc1. The van der Waals surface area contributed by atoms with Crippen molar-refractivity contribution in [2.75, 3.05) is 12.9 Å². The van der Waals surface area contributed by atoms with Crippen LogP contribution >= 0.6 is 11.8 Å². The molecule has 2 bridgehead atoms. The van der Waals surface area contributed by atoms with Crippen LogP contribution in [0.3, 0.4) is 0 Å². The van der Waals surface area contributed by atoms with Crippen LogP contribution < -0.4 is 4.74 Å². The highest BCUT2D eigenvalue weighted by Crippen LogP contribution is 2.40. The van der Waals surface area contributed by atoms with Crippen molar-refractivity contribution in [3.8, 4) is 5.75 Å². The number of fused-ring (bicyclic) bond motifs is 2. The average Bonchev–Trinajstić information content (AvgIpc) is 2.85. The van der Waals surface area contributed by atoms with Crippen molar-refractivity contribution in [2.24, 2.45) is 0 Å². The molecule has 1 aromatic rings. The first-order chi connectivity index (χ1) is 11.2. The normalized spacial score (nSPS) is 26.3. The lowest BCUT2D eigenvalue weighted by Gasteiger charge is -2.38. The molecule has 2 aliphatic rings. The molecular formula is C19H27NO2S. The molecule has 0 spiro atoms. The number of amides is 1. The summed E-state index contributed by atoms with van der Waals surface area (Å²) in [6.45, 7) is 2.90. The third kappa shape index (κ3) is 3.68. The van der Waals surface area contributed by atoms with Gasteiger partial charge in [-0.2, -0.15) is 11.8 Å². The second-order valence-corrected chi connectivity index (χ2v) is 7.79. The van der Waals surface area contributed by atoms with Gasteiger partial charge < -0.3 is 9.64 Å². The first-order valence-electron chi connectivity index (χ1n) is 8.81. The van der Waals surface area contributed by atoms with Crippen LogP contribution in [0.2, 0.25) is 0 Å². The van der Waals surface area contributed by atoms with Crippen LogP contribution in [-0.2, 0) is 0 Å². The molecule has 2 atom stereocenters. The standard InChI is InChI=1S/C19H27NO2S/c1-3-4-11-22-17-9-5-14(6-10-17)19(21)20-15-7-8-16(20)13-18(12-15)23-2/h5-6,9-10,15-16,18H,3-4,7-8,11-13H2,1-2H3. The molecule has 2 aliphatic heterocycles. The predicted octanol–water partition coefficient (Wildman–Crippen LogP) is 4.36. The molecule has 2 unspecified atom stereocenters. The predicted molar refractivity (Wildman–Crippen MR) is 96.4 cm³/mol. The number of carbonyl (C=O) groups is 1. The molecule has 2 saturated heterocycles. The minimum atomic E-state index is 0.206. The Morgan fingerprint density at radius 2 is 1.87 bits per heavy atom. The Balaban J connectivity index is 1.64. The molecule has 126 valence electrons. The van der Waals surface area contributed by atoms with Gasteiger partial charge in [0.05, 0.1) is 6.61 Å². The fraction of sp³-hybridized carbons (Fsp3) is 0.632. The molecule has 2 fully saturated rings. The van der Waals surface area contributed by atoms with Gasteiger partial charge in [-0.05, 0) is 62.6 Å². The number of nitrogens with zero attached hydrogens (tertiary/aromatic N) is 1. The largest absolute Gasteiger partial charge is 0.494 e. The monoisotopic (exact) mass is 333 g/mol. The van der Waals surface area contributed by atoms with E-state index >= 15 is 0 Å². The summed E-state index contributed by atoms with van der Waals surface area (Å²) in [4.78, 5) is 15.1. The first-order valence-corrected chi connectivity index (χ1v) is 10.1. The lowest BCUT2D eigenvalue weighted by molar-refractivity contribution is 0.0601. The summed E-state index contributed by atoms with van der Waals surface area (Å²) in [5.74, 6) is 1.07. The summed E-state index contributed by atoms with van der Waals surface area (Å²) in [6.07, 6.45) is 9.04. The molecule has 3 nitrogen and oxygen atoms in total. The first kappa shape index (κ1) is 16.7. The van der Waals surface area contributed by atoms with E-state index in [1.807, 2.05) is 36.0 Å². The minimum absolute atomic E-state index is 0.206. The van der Waals surface area contributed by atoms with Crippen molar-refractivity contribution >= 4 is 17.7 Å². The lowest BCUT2D eigenvalue weighted by Crippen LogP contribution is -2.47. The molecule has 0 saturated carbocycles. The van der Waals surface area contributed by atoms with Crippen molar-refractivity contribution in [2.45, 2.75) is 62.8 Å². The number of unbranched alkanes of at least 4 members (excludes halogenated alkanes) is 1. The molecule has 0 N–H and O–H groups in total. The van der Waals surface area contributed by atoms with Gasteiger partial charge >= 0.3 is 0 Å². The molecule has 1 aromatic carbocycles. The van der Waals surface area contributed by atoms with Gasteiger partial charge in [-0.3, -0.25) is 4.79 Å². The van der Waals surface area contributed by atoms with Crippen LogP contribution in [0.1, 0.15) is 55.8 Å². The van der Waals surface area contributed by atoms with Gasteiger partial charge in [-0.15, -0.1) is 0 Å². The Morgan fingerprint density at radius 1 is 1.22 bits per heavy atom. The molecule has 0 aliphatic carbocycles. The third-order valence-electron chi connectivity index (χ3n) is 5.13. The van der Waals surface area contributed by atoms with Gasteiger partial charge in [-0.25, -0.2) is 0 Å². The third-order valence-corrected chi connectivity index (χ3v) is 6.18. The van der Waals surface area contributed by atoms with Gasteiger partial charge in [0, 0.05) is 22.9 Å². The van der Waals surface area contributed by atoms with E-state index in [0.717, 1.165) is 48.9 Å². The smallest absolute Gasteiger partial charge is 0.254 e. The highest BCUT2D eigenvalue weighted by Gasteiger charge is 2.43. The zero-order valence-electron chi connectivity index (χ0n) is 14.2. The summed E-state index contributed by atoms with van der Waals surface area (Å²) in [5, 5.41) is 0.728. The van der Waals surface area contributed by atoms with Crippen LogP contribution in [-0.4, -0.2) is 41.0 Å². The summed E-state index contributed by atoms with van der Waals surface area (Å²) in [5.41, 5.74) is 0.798. The highest BCUT2D eigenvalue weighted by atomic mass is 32.2. The van der Waals surface area contributed by atoms with Crippen LogP contribution in [0, 0.1) is 0 Å². The Bertz CT molecular complexity index is 517. The molecule has 0 radical (unpaired) electrons. The number of benzene rings is 1. The maximum absolute atomic E-state index is 12.9. The van der Waals surface area contributed by atoms with Crippen LogP contribution in [0.5, 0.6) is 5.75 Å². The van der Waals surface area contributed by atoms with Crippen molar-refractivity contribution < 1.29 is 9.53 Å². The zero-order valence-corrected chi connectivity index (χ0v) is 15.0. The van der Waals surface area contributed by atoms with Gasteiger partial charge in [0.2, 0.25) is 0 Å². The Kier molecular flexibility index (Phi) is 5.52. The number of carbonyl (C=O) groups excluding carboxylic acids is 1. The summed E-state index contributed by atoms with van der Waals surface area (Å²) >= 11 is 1.96. The molecule has 4 heteroatoms. The number of thioether (sulfide) groups is 1. The highest BCUT2D eigenvalue weighted by molar-refractivity contribution is 7.99. The van der Waals surface area contributed by atoms with Crippen LogP contribution in [0.4, 0.5) is 0 Å². The topological polar surface area (TPSA) is 29.5 Å². The van der Waals surface area contributed by atoms with Gasteiger partial charge in [0.1, 0.15) is 5.75 Å². The quantitative estimate of drug-likeness (QED) is 0.724. The molecule has 1 amide bonds. The van der Waals surface area contributed by atoms with E-state index in [0.29, 0.717) is 12.1 Å². The maximum Gasteiger partial charge on any atom is 0.254 e. The van der Waals surface area contributed by atoms with E-state index in [-0.39, 0.29) is 5.91 Å². The number of hydrogen-bond donors (Lipinski definition) is 0. The van der Waals surface area contributed by atoms with Crippen molar-refractivity contribution in [1.29, 1.82) is 0 Å². The second-order valence-electron chi connectivity index (χ2n) is 6.65. The summed E-state index contributed by atoms with van der Waals surface area (Å²) < 4.78 is 5.68. The van der Waals surface area contributed by atoms with E-state index in [2.05, 4.69) is 18.1 Å². The lowest BCUT2D eigenvalue weighted by atomic mass is 10.0. The Hall–Kier alpha value is -1.16. The fourth-order valence-corrected chi connectivity index (χ4v) is 4.66. The fourth-order valence-electron chi connectivity index (χ4n) is 3.83. The van der Waals surface area contributed by atoms with E-state index in [1.54, 1.807) is 0 Å². The van der Waals surface area contributed by atoms with E-state index < -0.39 is 0 Å². The number of piperidine rings is 1. The Morgan fingerprint density at radius 3 is 2.43 bits per heavy atom. The molecular weight excluding hydrogens is 306 g/mol. The van der Waals surface area contributed by atoms with Gasteiger partial charge in [0.25, 0.3) is 5.91 Å². The van der Waals surface area contributed by atoms with Crippen LogP contribution in [0.15, 0.2) is 24.3 Å². The van der Waals surface area contributed by atoms with Crippen molar-refractivity contribution in [1.82, 2.24) is 4.90 Å². The van der Waals surface area contributed by atoms with Gasteiger partial charge in [0.15, 0.2) is 0 Å². The molecule has 2 heterocycles.